The van der Waals surface area contributed by atoms with Crippen LogP contribution < -0.4 is 15.0 Å². The first-order chi connectivity index (χ1) is 11.7. The van der Waals surface area contributed by atoms with E-state index in [9.17, 15) is 0 Å². The molecule has 0 fully saturated rings. The molecule has 0 aromatic heterocycles. The maximum absolute atomic E-state index is 5.76. The summed E-state index contributed by atoms with van der Waals surface area (Å²) < 4.78 is 5.76. The van der Waals surface area contributed by atoms with Gasteiger partial charge >= 0.3 is 0 Å². The van der Waals surface area contributed by atoms with Crippen molar-refractivity contribution in [1.82, 2.24) is 0 Å². The minimum Gasteiger partial charge on any atom is -0.494 e. The predicted octanol–water partition coefficient (Wildman–Crippen LogP) is 4.59. The van der Waals surface area contributed by atoms with Crippen LogP contribution in [0.2, 0.25) is 0 Å². The van der Waals surface area contributed by atoms with Gasteiger partial charge in [0.15, 0.2) is 0 Å². The topological polar surface area (TPSA) is 24.5 Å². The van der Waals surface area contributed by atoms with Crippen LogP contribution in [0, 0.1) is 5.92 Å². The zero-order valence-electron chi connectivity index (χ0n) is 14.8. The summed E-state index contributed by atoms with van der Waals surface area (Å²) in [5, 5.41) is 3.51. The van der Waals surface area contributed by atoms with Gasteiger partial charge in [0.1, 0.15) is 5.75 Å². The molecule has 0 aliphatic carbocycles. The van der Waals surface area contributed by atoms with Crippen molar-refractivity contribution in [1.29, 1.82) is 0 Å². The first kappa shape index (κ1) is 16.7. The molecular formula is C21H28N2O. The van der Waals surface area contributed by atoms with Crippen LogP contribution in [0.15, 0.2) is 48.5 Å². The minimum absolute atomic E-state index is 0.682. The number of nitrogens with zero attached hydrogens (tertiary/aromatic N) is 1. The Labute approximate surface area is 145 Å². The van der Waals surface area contributed by atoms with E-state index in [4.69, 9.17) is 4.74 Å². The van der Waals surface area contributed by atoms with Crippen molar-refractivity contribution in [3.8, 4) is 5.75 Å². The number of fused-ring (bicyclic) bond motifs is 1. The van der Waals surface area contributed by atoms with Crippen LogP contribution in [0.25, 0.3) is 0 Å². The minimum atomic E-state index is 0.682. The highest BCUT2D eigenvalue weighted by atomic mass is 16.5. The van der Waals surface area contributed by atoms with Gasteiger partial charge in [0.25, 0.3) is 0 Å². The van der Waals surface area contributed by atoms with Crippen molar-refractivity contribution in [3.63, 3.8) is 0 Å². The van der Waals surface area contributed by atoms with Crippen LogP contribution in [0.1, 0.15) is 25.8 Å². The second-order valence-corrected chi connectivity index (χ2v) is 6.85. The Morgan fingerprint density at radius 3 is 2.67 bits per heavy atom. The summed E-state index contributed by atoms with van der Waals surface area (Å²) in [6.45, 7) is 8.33. The molecule has 1 N–H and O–H groups in total. The van der Waals surface area contributed by atoms with Crippen LogP contribution in [0.3, 0.4) is 0 Å². The highest BCUT2D eigenvalue weighted by molar-refractivity contribution is 5.58. The normalized spacial score (nSPS) is 13.2. The first-order valence-electron chi connectivity index (χ1n) is 9.02. The van der Waals surface area contributed by atoms with Crippen LogP contribution in [0.5, 0.6) is 5.75 Å². The Kier molecular flexibility index (Phi) is 5.63. The lowest BCUT2D eigenvalue weighted by atomic mass is 10.1. The molecule has 2 aromatic carbocycles. The second-order valence-electron chi connectivity index (χ2n) is 6.85. The molecule has 0 radical (unpaired) electrons. The van der Waals surface area contributed by atoms with Crippen LogP contribution in [-0.2, 0) is 6.42 Å². The highest BCUT2D eigenvalue weighted by Crippen LogP contribution is 2.26. The lowest BCUT2D eigenvalue weighted by Crippen LogP contribution is -2.27. The van der Waals surface area contributed by atoms with Crippen molar-refractivity contribution >= 4 is 11.4 Å². The van der Waals surface area contributed by atoms with E-state index in [1.54, 1.807) is 0 Å². The van der Waals surface area contributed by atoms with E-state index in [0.717, 1.165) is 44.1 Å². The summed E-state index contributed by atoms with van der Waals surface area (Å²) in [4.78, 5) is 2.46. The average molecular weight is 324 g/mol. The van der Waals surface area contributed by atoms with Gasteiger partial charge in [-0.1, -0.05) is 32.0 Å². The van der Waals surface area contributed by atoms with Gasteiger partial charge in [-0.05, 0) is 54.7 Å². The van der Waals surface area contributed by atoms with E-state index < -0.39 is 0 Å². The summed E-state index contributed by atoms with van der Waals surface area (Å²) >= 11 is 0. The molecule has 2 aromatic rings. The molecule has 0 amide bonds. The quantitative estimate of drug-likeness (QED) is 0.769. The first-order valence-corrected chi connectivity index (χ1v) is 9.02. The summed E-state index contributed by atoms with van der Waals surface area (Å²) in [5.74, 6) is 1.64. The Bertz CT molecular complexity index is 637. The van der Waals surface area contributed by atoms with E-state index in [-0.39, 0.29) is 0 Å². The second kappa shape index (κ2) is 8.09. The Hall–Kier alpha value is -2.16. The predicted molar refractivity (Wildman–Crippen MR) is 102 cm³/mol. The Morgan fingerprint density at radius 1 is 1.08 bits per heavy atom. The summed E-state index contributed by atoms with van der Waals surface area (Å²) in [7, 11) is 0. The van der Waals surface area contributed by atoms with E-state index in [1.165, 1.54) is 17.7 Å². The third-order valence-corrected chi connectivity index (χ3v) is 4.51. The molecule has 3 nitrogen and oxygen atoms in total. The van der Waals surface area contributed by atoms with E-state index in [2.05, 4.69) is 60.5 Å². The van der Waals surface area contributed by atoms with Gasteiger partial charge in [0.05, 0.1) is 6.61 Å². The average Bonchev–Trinajstić information content (AvgIpc) is 2.99. The number of rotatable bonds is 8. The maximum Gasteiger partial charge on any atom is 0.119 e. The Morgan fingerprint density at radius 2 is 1.88 bits per heavy atom. The van der Waals surface area contributed by atoms with Crippen molar-refractivity contribution < 1.29 is 4.74 Å². The summed E-state index contributed by atoms with van der Waals surface area (Å²) in [6, 6.07) is 17.0. The van der Waals surface area contributed by atoms with Crippen molar-refractivity contribution in [2.24, 2.45) is 5.92 Å². The zero-order valence-corrected chi connectivity index (χ0v) is 14.8. The van der Waals surface area contributed by atoms with Crippen LogP contribution >= 0.6 is 0 Å². The van der Waals surface area contributed by atoms with E-state index >= 15 is 0 Å². The monoisotopic (exact) mass is 324 g/mol. The number of hydrogen-bond acceptors (Lipinski definition) is 3. The highest BCUT2D eigenvalue weighted by Gasteiger charge is 2.17. The molecule has 0 spiro atoms. The molecule has 24 heavy (non-hydrogen) atoms. The van der Waals surface area contributed by atoms with Gasteiger partial charge in [0, 0.05) is 31.0 Å². The number of benzene rings is 2. The third-order valence-electron chi connectivity index (χ3n) is 4.51. The summed E-state index contributed by atoms with van der Waals surface area (Å²) in [5.41, 5.74) is 4.02. The summed E-state index contributed by atoms with van der Waals surface area (Å²) in [6.07, 6.45) is 2.26. The van der Waals surface area contributed by atoms with Gasteiger partial charge in [0.2, 0.25) is 0 Å². The van der Waals surface area contributed by atoms with Gasteiger partial charge in [-0.25, -0.2) is 0 Å². The molecule has 0 saturated heterocycles. The molecule has 128 valence electrons. The van der Waals surface area contributed by atoms with Gasteiger partial charge < -0.3 is 15.0 Å². The number of anilines is 2. The van der Waals surface area contributed by atoms with Gasteiger partial charge in [-0.15, -0.1) is 0 Å². The molecule has 1 heterocycles. The molecular weight excluding hydrogens is 296 g/mol. The van der Waals surface area contributed by atoms with Gasteiger partial charge in [-0.3, -0.25) is 0 Å². The smallest absolute Gasteiger partial charge is 0.119 e. The van der Waals surface area contributed by atoms with Crippen molar-refractivity contribution in [3.05, 3.63) is 54.1 Å². The molecule has 3 heteroatoms. The largest absolute Gasteiger partial charge is 0.494 e. The third kappa shape index (κ3) is 4.44. The number of hydrogen-bond donors (Lipinski definition) is 1. The van der Waals surface area contributed by atoms with Gasteiger partial charge in [-0.2, -0.15) is 0 Å². The van der Waals surface area contributed by atoms with E-state index in [0.29, 0.717) is 5.92 Å². The molecule has 0 atom stereocenters. The van der Waals surface area contributed by atoms with Crippen LogP contribution in [-0.4, -0.2) is 26.2 Å². The Balaban J connectivity index is 1.43. The fourth-order valence-corrected chi connectivity index (χ4v) is 3.06. The van der Waals surface area contributed by atoms with E-state index in [1.807, 2.05) is 12.1 Å². The SMILES string of the molecule is CC(C)CCOc1ccc(NCCN2CCc3ccccc32)cc1. The lowest BCUT2D eigenvalue weighted by Gasteiger charge is -2.20. The molecule has 0 saturated carbocycles. The molecule has 1 aliphatic rings. The lowest BCUT2D eigenvalue weighted by molar-refractivity contribution is 0.289. The molecule has 0 bridgehead atoms. The fourth-order valence-electron chi connectivity index (χ4n) is 3.06. The van der Waals surface area contributed by atoms with Crippen molar-refractivity contribution in [2.45, 2.75) is 26.7 Å². The zero-order chi connectivity index (χ0) is 16.8. The molecule has 0 unspecified atom stereocenters. The number of ether oxygens (including phenoxy) is 1. The van der Waals surface area contributed by atoms with Crippen LogP contribution in [0.4, 0.5) is 11.4 Å². The maximum atomic E-state index is 5.76. The molecule has 1 aliphatic heterocycles. The number of para-hydroxylation sites is 1. The fraction of sp³-hybridized carbons (Fsp3) is 0.429. The van der Waals surface area contributed by atoms with Crippen molar-refractivity contribution in [2.75, 3.05) is 36.5 Å². The number of nitrogens with one attached hydrogen (secondary N) is 1. The molecule has 3 rings (SSSR count). The standard InChI is InChI=1S/C21H28N2O/c1-17(2)12-16-24-20-9-7-19(8-10-20)22-13-15-23-14-11-18-5-3-4-6-21(18)23/h3-10,17,22H,11-16H2,1-2H3.